The van der Waals surface area contributed by atoms with E-state index in [-0.39, 0.29) is 18.3 Å². The van der Waals surface area contributed by atoms with Crippen LogP contribution in [0.4, 0.5) is 0 Å². The number of nitrogens with two attached hydrogens (primary N) is 1. The molecular weight excluding hydrogens is 276 g/mol. The summed E-state index contributed by atoms with van der Waals surface area (Å²) in [6, 6.07) is 0. The number of rotatable bonds is 9. The number of unbranched alkanes of at least 4 members (excludes halogenated alkanes) is 3. The molecule has 0 radical (unpaired) electrons. The van der Waals surface area contributed by atoms with E-state index >= 15 is 0 Å². The van der Waals surface area contributed by atoms with Crippen LogP contribution in [-0.4, -0.2) is 31.7 Å². The quantitative estimate of drug-likeness (QED) is 0.643. The molecule has 1 aliphatic heterocycles. The molecule has 20 heavy (non-hydrogen) atoms. The molecule has 0 aromatic heterocycles. The summed E-state index contributed by atoms with van der Waals surface area (Å²) in [6.45, 7) is 6.72. The Hall–Kier alpha value is -0.320. The lowest BCUT2D eigenvalue weighted by molar-refractivity contribution is -0.121. The molecule has 1 fully saturated rings. The number of carbonyl (C=O) groups excluding carboxylic acids is 1. The van der Waals surface area contributed by atoms with E-state index in [4.69, 9.17) is 10.5 Å². The van der Waals surface area contributed by atoms with Crippen LogP contribution in [0.15, 0.2) is 0 Å². The number of carbonyl (C=O) groups is 1. The SMILES string of the molecule is CC(C)C1OCCC1CNC(=O)CCCCCCN.Cl. The van der Waals surface area contributed by atoms with Crippen molar-refractivity contribution < 1.29 is 9.53 Å². The Morgan fingerprint density at radius 2 is 2.00 bits per heavy atom. The Labute approximate surface area is 129 Å². The molecule has 0 aromatic carbocycles. The number of hydrogen-bond donors (Lipinski definition) is 2. The smallest absolute Gasteiger partial charge is 0.220 e. The van der Waals surface area contributed by atoms with Crippen LogP contribution < -0.4 is 11.1 Å². The highest BCUT2D eigenvalue weighted by molar-refractivity contribution is 5.85. The average molecular weight is 307 g/mol. The molecule has 2 unspecified atom stereocenters. The monoisotopic (exact) mass is 306 g/mol. The van der Waals surface area contributed by atoms with Gasteiger partial charge in [0.2, 0.25) is 5.91 Å². The standard InChI is InChI=1S/C15H30N2O2.ClH/c1-12(2)15-13(8-10-19-15)11-17-14(18)7-5-3-4-6-9-16;/h12-13,15H,3-11,16H2,1-2H3,(H,17,18);1H. The van der Waals surface area contributed by atoms with Crippen LogP contribution in [0.1, 0.15) is 52.4 Å². The second kappa shape index (κ2) is 11.4. The highest BCUT2D eigenvalue weighted by Gasteiger charge is 2.30. The van der Waals surface area contributed by atoms with Crippen molar-refractivity contribution in [3.8, 4) is 0 Å². The molecule has 1 rings (SSSR count). The van der Waals surface area contributed by atoms with Crippen LogP contribution in [0.2, 0.25) is 0 Å². The molecule has 5 heteroatoms. The summed E-state index contributed by atoms with van der Waals surface area (Å²) in [6.07, 6.45) is 6.30. The highest BCUT2D eigenvalue weighted by atomic mass is 35.5. The van der Waals surface area contributed by atoms with E-state index in [1.165, 1.54) is 0 Å². The average Bonchev–Trinajstić information content (AvgIpc) is 2.84. The predicted molar refractivity (Wildman–Crippen MR) is 85.1 cm³/mol. The fraction of sp³-hybridized carbons (Fsp3) is 0.933. The van der Waals surface area contributed by atoms with Gasteiger partial charge in [0.25, 0.3) is 0 Å². The Morgan fingerprint density at radius 3 is 2.65 bits per heavy atom. The third-order valence-electron chi connectivity index (χ3n) is 3.84. The van der Waals surface area contributed by atoms with Crippen LogP contribution in [-0.2, 0) is 9.53 Å². The Bertz CT molecular complexity index is 262. The summed E-state index contributed by atoms with van der Waals surface area (Å²) in [5, 5.41) is 3.06. The second-order valence-electron chi connectivity index (χ2n) is 5.89. The van der Waals surface area contributed by atoms with E-state index in [9.17, 15) is 4.79 Å². The molecular formula is C15H31ClN2O2. The molecule has 0 saturated carbocycles. The van der Waals surface area contributed by atoms with Crippen molar-refractivity contribution in [1.29, 1.82) is 0 Å². The molecule has 1 amide bonds. The van der Waals surface area contributed by atoms with E-state index in [0.717, 1.165) is 51.8 Å². The third-order valence-corrected chi connectivity index (χ3v) is 3.84. The minimum Gasteiger partial charge on any atom is -0.378 e. The van der Waals surface area contributed by atoms with Crippen LogP contribution >= 0.6 is 12.4 Å². The fourth-order valence-corrected chi connectivity index (χ4v) is 2.73. The first-order chi connectivity index (χ1) is 9.15. The summed E-state index contributed by atoms with van der Waals surface area (Å²) in [5.74, 6) is 1.20. The molecule has 1 saturated heterocycles. The fourth-order valence-electron chi connectivity index (χ4n) is 2.73. The first-order valence-corrected chi connectivity index (χ1v) is 7.73. The van der Waals surface area contributed by atoms with Gasteiger partial charge in [-0.25, -0.2) is 0 Å². The lowest BCUT2D eigenvalue weighted by Gasteiger charge is -2.22. The lowest BCUT2D eigenvalue weighted by atomic mass is 9.93. The van der Waals surface area contributed by atoms with E-state index in [1.807, 2.05) is 0 Å². The van der Waals surface area contributed by atoms with E-state index in [1.54, 1.807) is 0 Å². The van der Waals surface area contributed by atoms with Crippen LogP contribution in [0.25, 0.3) is 0 Å². The molecule has 0 bridgehead atoms. The number of halogens is 1. The number of amides is 1. The van der Waals surface area contributed by atoms with Gasteiger partial charge in [-0.3, -0.25) is 4.79 Å². The Kier molecular flexibility index (Phi) is 11.2. The topological polar surface area (TPSA) is 64.3 Å². The van der Waals surface area contributed by atoms with Crippen molar-refractivity contribution in [1.82, 2.24) is 5.32 Å². The van der Waals surface area contributed by atoms with Gasteiger partial charge < -0.3 is 15.8 Å². The first-order valence-electron chi connectivity index (χ1n) is 7.73. The van der Waals surface area contributed by atoms with Crippen molar-refractivity contribution in [2.24, 2.45) is 17.6 Å². The largest absolute Gasteiger partial charge is 0.378 e. The van der Waals surface area contributed by atoms with Gasteiger partial charge in [0.1, 0.15) is 0 Å². The van der Waals surface area contributed by atoms with Crippen molar-refractivity contribution >= 4 is 18.3 Å². The van der Waals surface area contributed by atoms with Gasteiger partial charge in [-0.2, -0.15) is 0 Å². The van der Waals surface area contributed by atoms with Crippen molar-refractivity contribution in [3.63, 3.8) is 0 Å². The van der Waals surface area contributed by atoms with E-state index < -0.39 is 0 Å². The molecule has 0 aromatic rings. The second-order valence-corrected chi connectivity index (χ2v) is 5.89. The van der Waals surface area contributed by atoms with Gasteiger partial charge in [-0.05, 0) is 31.7 Å². The molecule has 2 atom stereocenters. The van der Waals surface area contributed by atoms with Gasteiger partial charge >= 0.3 is 0 Å². The van der Waals surface area contributed by atoms with Gasteiger partial charge in [0, 0.05) is 25.5 Å². The molecule has 0 spiro atoms. The normalized spacial score (nSPS) is 21.8. The summed E-state index contributed by atoms with van der Waals surface area (Å²) in [7, 11) is 0. The maximum atomic E-state index is 11.7. The minimum atomic E-state index is 0. The summed E-state index contributed by atoms with van der Waals surface area (Å²) < 4.78 is 5.72. The Morgan fingerprint density at radius 1 is 1.30 bits per heavy atom. The minimum absolute atomic E-state index is 0. The van der Waals surface area contributed by atoms with Crippen LogP contribution in [0.5, 0.6) is 0 Å². The van der Waals surface area contributed by atoms with Crippen molar-refractivity contribution in [2.45, 2.75) is 58.5 Å². The van der Waals surface area contributed by atoms with Crippen LogP contribution in [0, 0.1) is 11.8 Å². The van der Waals surface area contributed by atoms with Crippen molar-refractivity contribution in [3.05, 3.63) is 0 Å². The molecule has 1 heterocycles. The zero-order valence-corrected chi connectivity index (χ0v) is 13.7. The van der Waals surface area contributed by atoms with E-state index in [2.05, 4.69) is 19.2 Å². The Balaban J connectivity index is 0.00000361. The molecule has 3 N–H and O–H groups in total. The lowest BCUT2D eigenvalue weighted by Crippen LogP contribution is -2.34. The first kappa shape index (κ1) is 19.7. The summed E-state index contributed by atoms with van der Waals surface area (Å²) in [5.41, 5.74) is 5.43. The van der Waals surface area contributed by atoms with Crippen LogP contribution in [0.3, 0.4) is 0 Å². The van der Waals surface area contributed by atoms with Crippen molar-refractivity contribution in [2.75, 3.05) is 19.7 Å². The summed E-state index contributed by atoms with van der Waals surface area (Å²) >= 11 is 0. The van der Waals surface area contributed by atoms with E-state index in [0.29, 0.717) is 24.4 Å². The maximum absolute atomic E-state index is 11.7. The zero-order chi connectivity index (χ0) is 14.1. The summed E-state index contributed by atoms with van der Waals surface area (Å²) in [4.78, 5) is 11.7. The number of hydrogen-bond acceptors (Lipinski definition) is 3. The predicted octanol–water partition coefficient (Wildman–Crippen LogP) is 2.49. The zero-order valence-electron chi connectivity index (χ0n) is 12.9. The van der Waals surface area contributed by atoms with Gasteiger partial charge in [-0.1, -0.05) is 26.7 Å². The molecule has 120 valence electrons. The number of ether oxygens (including phenoxy) is 1. The highest BCUT2D eigenvalue weighted by Crippen LogP contribution is 2.26. The maximum Gasteiger partial charge on any atom is 0.220 e. The number of nitrogens with one attached hydrogen (secondary N) is 1. The van der Waals surface area contributed by atoms with Gasteiger partial charge in [0.05, 0.1) is 6.10 Å². The third kappa shape index (κ3) is 7.46. The molecule has 0 aliphatic carbocycles. The molecule has 4 nitrogen and oxygen atoms in total. The molecule has 1 aliphatic rings. The van der Waals surface area contributed by atoms with Gasteiger partial charge in [-0.15, -0.1) is 12.4 Å². The van der Waals surface area contributed by atoms with Gasteiger partial charge in [0.15, 0.2) is 0 Å².